The van der Waals surface area contributed by atoms with Crippen LogP contribution in [0.3, 0.4) is 0 Å². The molecule has 0 radical (unpaired) electrons. The van der Waals surface area contributed by atoms with Gasteiger partial charge < -0.3 is 15.4 Å². The molecule has 2 N–H and O–H groups in total. The highest BCUT2D eigenvalue weighted by Crippen LogP contribution is 2.30. The zero-order valence-corrected chi connectivity index (χ0v) is 18.1. The van der Waals surface area contributed by atoms with E-state index in [4.69, 9.17) is 4.74 Å². The molecular weight excluding hydrogens is 435 g/mol. The van der Waals surface area contributed by atoms with Crippen molar-refractivity contribution in [2.24, 2.45) is 4.99 Å². The summed E-state index contributed by atoms with van der Waals surface area (Å²) in [5.74, 6) is -1.13. The van der Waals surface area contributed by atoms with Gasteiger partial charge in [-0.2, -0.15) is 5.26 Å². The number of fused-ring (bicyclic) bond motifs is 1. The molecule has 34 heavy (non-hydrogen) atoms. The van der Waals surface area contributed by atoms with Gasteiger partial charge in [0.1, 0.15) is 29.0 Å². The summed E-state index contributed by atoms with van der Waals surface area (Å²) < 4.78 is 19.1. The maximum absolute atomic E-state index is 14.0. The van der Waals surface area contributed by atoms with Crippen molar-refractivity contribution in [1.82, 2.24) is 10.6 Å². The lowest BCUT2D eigenvalue weighted by molar-refractivity contribution is -0.117. The van der Waals surface area contributed by atoms with Crippen LogP contribution in [-0.2, 0) is 11.3 Å². The topological polar surface area (TPSA) is 104 Å². The standard InChI is InChI=1S/C26H19FN4O3/c1-34-17-12-10-16(11-13-17)15-29-25(32)21(14-28)23-18-6-2-3-7-19(18)24(30-23)31-26(33)20-8-4-5-9-22(20)27/h2-13H,15H2,1H3,(H,29,32)(H,30,31,33)/b23-21-. The van der Waals surface area contributed by atoms with Gasteiger partial charge in [0.05, 0.1) is 18.4 Å². The molecule has 1 heterocycles. The summed E-state index contributed by atoms with van der Waals surface area (Å²) >= 11 is 0. The molecule has 0 saturated heterocycles. The van der Waals surface area contributed by atoms with E-state index >= 15 is 0 Å². The number of carbonyl (C=O) groups excluding carboxylic acids is 2. The Morgan fingerprint density at radius 1 is 1.00 bits per heavy atom. The number of ether oxygens (including phenoxy) is 1. The number of nitrogens with zero attached hydrogens (tertiary/aromatic N) is 2. The van der Waals surface area contributed by atoms with Gasteiger partial charge in [0, 0.05) is 17.7 Å². The predicted octanol–water partition coefficient (Wildman–Crippen LogP) is 3.58. The third-order valence-electron chi connectivity index (χ3n) is 5.20. The largest absolute Gasteiger partial charge is 0.497 e. The first-order valence-electron chi connectivity index (χ1n) is 10.3. The smallest absolute Gasteiger partial charge is 0.264 e. The van der Waals surface area contributed by atoms with Gasteiger partial charge in [-0.3, -0.25) is 9.59 Å². The Kier molecular flexibility index (Phi) is 6.46. The number of rotatable bonds is 5. The van der Waals surface area contributed by atoms with Crippen LogP contribution in [0.5, 0.6) is 5.75 Å². The van der Waals surface area contributed by atoms with Crippen LogP contribution in [0, 0.1) is 17.1 Å². The minimum absolute atomic E-state index is 0.133. The lowest BCUT2D eigenvalue weighted by Gasteiger charge is -2.07. The van der Waals surface area contributed by atoms with Crippen LogP contribution in [0.15, 0.2) is 83.4 Å². The summed E-state index contributed by atoms with van der Waals surface area (Å²) in [7, 11) is 1.56. The zero-order valence-electron chi connectivity index (χ0n) is 18.1. The first kappa shape index (κ1) is 22.4. The van der Waals surface area contributed by atoms with Gasteiger partial charge in [-0.1, -0.05) is 48.5 Å². The van der Waals surface area contributed by atoms with E-state index in [0.29, 0.717) is 16.9 Å². The summed E-state index contributed by atoms with van der Waals surface area (Å²) in [4.78, 5) is 29.8. The average Bonchev–Trinajstić information content (AvgIpc) is 3.21. The molecule has 4 rings (SSSR count). The minimum Gasteiger partial charge on any atom is -0.497 e. The minimum atomic E-state index is -0.685. The lowest BCUT2D eigenvalue weighted by atomic mass is 10.0. The Morgan fingerprint density at radius 3 is 2.35 bits per heavy atom. The van der Waals surface area contributed by atoms with E-state index in [1.165, 1.54) is 18.2 Å². The molecule has 8 heteroatoms. The summed E-state index contributed by atoms with van der Waals surface area (Å²) in [6, 6.07) is 21.5. The van der Waals surface area contributed by atoms with Crippen LogP contribution in [0.2, 0.25) is 0 Å². The number of halogens is 1. The van der Waals surface area contributed by atoms with E-state index in [9.17, 15) is 19.2 Å². The van der Waals surface area contributed by atoms with Crippen molar-refractivity contribution in [3.63, 3.8) is 0 Å². The van der Waals surface area contributed by atoms with Gasteiger partial charge in [0.2, 0.25) is 0 Å². The normalized spacial score (nSPS) is 13.3. The van der Waals surface area contributed by atoms with Crippen molar-refractivity contribution in [2.75, 3.05) is 7.11 Å². The van der Waals surface area contributed by atoms with Crippen molar-refractivity contribution in [2.45, 2.75) is 6.54 Å². The van der Waals surface area contributed by atoms with Crippen LogP contribution in [0.4, 0.5) is 4.39 Å². The molecule has 168 valence electrons. The number of nitriles is 1. The fourth-order valence-electron chi connectivity index (χ4n) is 3.46. The van der Waals surface area contributed by atoms with E-state index in [1.807, 2.05) is 6.07 Å². The molecule has 0 aliphatic carbocycles. The molecule has 0 bridgehead atoms. The van der Waals surface area contributed by atoms with Crippen molar-refractivity contribution in [3.05, 3.63) is 106 Å². The van der Waals surface area contributed by atoms with E-state index in [2.05, 4.69) is 15.6 Å². The van der Waals surface area contributed by atoms with Gasteiger partial charge in [-0.25, -0.2) is 9.38 Å². The number of benzene rings is 3. The molecule has 1 aliphatic heterocycles. The van der Waals surface area contributed by atoms with Crippen molar-refractivity contribution in [1.29, 1.82) is 5.26 Å². The second-order valence-electron chi connectivity index (χ2n) is 7.31. The third kappa shape index (κ3) is 4.54. The number of aliphatic imine (C=N–C) groups is 1. The summed E-state index contributed by atoms with van der Waals surface area (Å²) in [5, 5.41) is 15.0. The van der Waals surface area contributed by atoms with Crippen LogP contribution in [0.25, 0.3) is 5.70 Å². The van der Waals surface area contributed by atoms with E-state index < -0.39 is 17.6 Å². The molecule has 0 spiro atoms. The van der Waals surface area contributed by atoms with E-state index in [0.717, 1.165) is 5.56 Å². The number of amides is 2. The molecular formula is C26H19FN4O3. The highest BCUT2D eigenvalue weighted by atomic mass is 19.1. The molecule has 3 aromatic rings. The molecule has 0 unspecified atom stereocenters. The lowest BCUT2D eigenvalue weighted by Crippen LogP contribution is -2.31. The Labute approximate surface area is 195 Å². The molecule has 0 atom stereocenters. The Bertz CT molecular complexity index is 1370. The fourth-order valence-corrected chi connectivity index (χ4v) is 3.46. The Morgan fingerprint density at radius 2 is 1.68 bits per heavy atom. The average molecular weight is 454 g/mol. The first-order chi connectivity index (χ1) is 16.5. The monoisotopic (exact) mass is 454 g/mol. The number of carbonyl (C=O) groups is 2. The number of methoxy groups -OCH3 is 1. The second kappa shape index (κ2) is 9.79. The summed E-state index contributed by atoms with van der Waals surface area (Å²) in [5.41, 5.74) is 1.66. The zero-order chi connectivity index (χ0) is 24.1. The molecule has 1 aliphatic rings. The van der Waals surface area contributed by atoms with Gasteiger partial charge in [0.15, 0.2) is 0 Å². The number of hydrogen-bond acceptors (Lipinski definition) is 5. The van der Waals surface area contributed by atoms with Gasteiger partial charge in [-0.05, 0) is 29.8 Å². The van der Waals surface area contributed by atoms with Crippen molar-refractivity contribution < 1.29 is 18.7 Å². The first-order valence-corrected chi connectivity index (χ1v) is 10.3. The molecule has 0 aromatic heterocycles. The van der Waals surface area contributed by atoms with E-state index in [1.54, 1.807) is 61.7 Å². The third-order valence-corrected chi connectivity index (χ3v) is 5.20. The van der Waals surface area contributed by atoms with Crippen molar-refractivity contribution >= 4 is 23.3 Å². The van der Waals surface area contributed by atoms with Crippen LogP contribution < -0.4 is 15.4 Å². The molecule has 3 aromatic carbocycles. The number of hydrogen-bond donors (Lipinski definition) is 2. The van der Waals surface area contributed by atoms with E-state index in [-0.39, 0.29) is 29.2 Å². The number of amidine groups is 1. The molecule has 0 saturated carbocycles. The summed E-state index contributed by atoms with van der Waals surface area (Å²) in [6.45, 7) is 0.198. The SMILES string of the molecule is COc1ccc(CNC(=O)/C(C#N)=C2\N=C(NC(=O)c3ccccc3F)c3ccccc32)cc1. The van der Waals surface area contributed by atoms with Gasteiger partial charge in [-0.15, -0.1) is 0 Å². The molecule has 7 nitrogen and oxygen atoms in total. The van der Waals surface area contributed by atoms with Crippen LogP contribution in [0.1, 0.15) is 27.0 Å². The van der Waals surface area contributed by atoms with Crippen LogP contribution >= 0.6 is 0 Å². The number of nitrogens with one attached hydrogen (secondary N) is 2. The highest BCUT2D eigenvalue weighted by Gasteiger charge is 2.27. The van der Waals surface area contributed by atoms with Gasteiger partial charge in [0.25, 0.3) is 11.8 Å². The Hall–Kier alpha value is -4.77. The van der Waals surface area contributed by atoms with Crippen molar-refractivity contribution in [3.8, 4) is 11.8 Å². The molecule has 0 fully saturated rings. The fraction of sp³-hybridized carbons (Fsp3) is 0.0769. The quantitative estimate of drug-likeness (QED) is 0.454. The maximum atomic E-state index is 14.0. The van der Waals surface area contributed by atoms with Gasteiger partial charge >= 0.3 is 0 Å². The second-order valence-corrected chi connectivity index (χ2v) is 7.31. The molecule has 2 amide bonds. The highest BCUT2D eigenvalue weighted by molar-refractivity contribution is 6.20. The summed E-state index contributed by atoms with van der Waals surface area (Å²) in [6.07, 6.45) is 0. The predicted molar refractivity (Wildman–Crippen MR) is 124 cm³/mol. The Balaban J connectivity index is 1.61. The van der Waals surface area contributed by atoms with Crippen LogP contribution in [-0.4, -0.2) is 24.8 Å². The maximum Gasteiger partial charge on any atom is 0.264 e.